The number of thioether (sulfide) groups is 1. The van der Waals surface area contributed by atoms with Crippen LogP contribution in [0.1, 0.15) is 6.42 Å². The smallest absolute Gasteiger partial charge is 0.233 e. The molecule has 3 rings (SSSR count). The zero-order chi connectivity index (χ0) is 18.0. The van der Waals surface area contributed by atoms with Crippen LogP contribution in [0, 0.1) is 0 Å². The van der Waals surface area contributed by atoms with Crippen LogP contribution in [0.15, 0.2) is 35.5 Å². The normalized spacial score (nSPS) is 19.0. The Morgan fingerprint density at radius 2 is 2.04 bits per heavy atom. The average molecular weight is 380 g/mol. The maximum atomic E-state index is 12.4. The Morgan fingerprint density at radius 3 is 2.68 bits per heavy atom. The van der Waals surface area contributed by atoms with Gasteiger partial charge in [-0.1, -0.05) is 42.1 Å². The molecule has 25 heavy (non-hydrogen) atoms. The van der Waals surface area contributed by atoms with Crippen molar-refractivity contribution in [1.29, 1.82) is 0 Å². The highest BCUT2D eigenvalue weighted by atomic mass is 32.2. The van der Waals surface area contributed by atoms with E-state index in [1.54, 1.807) is 11.9 Å². The van der Waals surface area contributed by atoms with Gasteiger partial charge in [-0.05, 0) is 6.42 Å². The molecule has 0 spiro atoms. The first-order valence-electron chi connectivity index (χ1n) is 7.91. The van der Waals surface area contributed by atoms with Gasteiger partial charge in [-0.2, -0.15) is 0 Å². The molecule has 2 heterocycles. The molecule has 0 bridgehead atoms. The number of carbonyl (C=O) groups is 1. The summed E-state index contributed by atoms with van der Waals surface area (Å²) in [6, 6.07) is 9.50. The van der Waals surface area contributed by atoms with Gasteiger partial charge in [-0.3, -0.25) is 4.79 Å². The molecule has 0 N–H and O–H groups in total. The predicted octanol–water partition coefficient (Wildman–Crippen LogP) is 1.22. The van der Waals surface area contributed by atoms with Gasteiger partial charge in [0.15, 0.2) is 20.8 Å². The monoisotopic (exact) mass is 380 g/mol. The minimum atomic E-state index is -3.00. The molecule has 1 saturated heterocycles. The highest BCUT2D eigenvalue weighted by molar-refractivity contribution is 7.99. The van der Waals surface area contributed by atoms with Crippen LogP contribution in [0.25, 0.3) is 11.4 Å². The Morgan fingerprint density at radius 1 is 1.32 bits per heavy atom. The minimum absolute atomic E-state index is 0.0576. The number of nitrogens with zero attached hydrogens (tertiary/aromatic N) is 4. The highest BCUT2D eigenvalue weighted by Crippen LogP contribution is 2.23. The Balaban J connectivity index is 1.62. The molecule has 2 aromatic rings. The molecule has 134 valence electrons. The van der Waals surface area contributed by atoms with Crippen LogP contribution in [0.5, 0.6) is 0 Å². The summed E-state index contributed by atoms with van der Waals surface area (Å²) in [5.41, 5.74) is 0.962. The minimum Gasteiger partial charge on any atom is -0.341 e. The number of hydrogen-bond donors (Lipinski definition) is 0. The van der Waals surface area contributed by atoms with Crippen LogP contribution in [0.3, 0.4) is 0 Å². The molecule has 1 aromatic carbocycles. The number of carbonyl (C=O) groups excluding carboxylic acids is 1. The summed E-state index contributed by atoms with van der Waals surface area (Å²) in [5.74, 6) is 1.06. The van der Waals surface area contributed by atoms with E-state index >= 15 is 0 Å². The molecule has 1 aliphatic heterocycles. The second kappa shape index (κ2) is 7.17. The van der Waals surface area contributed by atoms with E-state index in [-0.39, 0.29) is 29.2 Å². The van der Waals surface area contributed by atoms with Gasteiger partial charge in [-0.25, -0.2) is 8.42 Å². The van der Waals surface area contributed by atoms with E-state index in [0.29, 0.717) is 11.6 Å². The molecule has 0 saturated carbocycles. The van der Waals surface area contributed by atoms with E-state index in [9.17, 15) is 13.2 Å². The SMILES string of the molecule is CN(C(=O)CSc1nnc(-c2ccccc2)n1C)[C@@H]1CCS(=O)(=O)C1. The molecule has 1 fully saturated rings. The lowest BCUT2D eigenvalue weighted by Crippen LogP contribution is -2.38. The van der Waals surface area contributed by atoms with Crippen molar-refractivity contribution in [2.24, 2.45) is 7.05 Å². The summed E-state index contributed by atoms with van der Waals surface area (Å²) in [6.45, 7) is 0. The second-order valence-corrected chi connectivity index (χ2v) is 9.25. The highest BCUT2D eigenvalue weighted by Gasteiger charge is 2.32. The molecule has 0 unspecified atom stereocenters. The molecular formula is C16H20N4O3S2. The number of aromatic nitrogens is 3. The fourth-order valence-electron chi connectivity index (χ4n) is 2.79. The van der Waals surface area contributed by atoms with Crippen LogP contribution >= 0.6 is 11.8 Å². The van der Waals surface area contributed by atoms with Gasteiger partial charge >= 0.3 is 0 Å². The Labute approximate surface area is 151 Å². The van der Waals surface area contributed by atoms with Crippen LogP contribution in [0.2, 0.25) is 0 Å². The van der Waals surface area contributed by atoms with Crippen LogP contribution in [0.4, 0.5) is 0 Å². The molecule has 1 atom stereocenters. The van der Waals surface area contributed by atoms with E-state index in [1.807, 2.05) is 41.9 Å². The Hall–Kier alpha value is -1.87. The van der Waals surface area contributed by atoms with E-state index in [2.05, 4.69) is 10.2 Å². The van der Waals surface area contributed by atoms with Crippen molar-refractivity contribution in [3.05, 3.63) is 30.3 Å². The van der Waals surface area contributed by atoms with Gasteiger partial charge in [0.2, 0.25) is 5.91 Å². The van der Waals surface area contributed by atoms with Gasteiger partial charge in [0, 0.05) is 25.7 Å². The van der Waals surface area contributed by atoms with Crippen molar-refractivity contribution >= 4 is 27.5 Å². The third-order valence-corrected chi connectivity index (χ3v) is 7.10. The fourth-order valence-corrected chi connectivity index (χ4v) is 5.40. The molecule has 9 heteroatoms. The van der Waals surface area contributed by atoms with Crippen molar-refractivity contribution in [3.8, 4) is 11.4 Å². The van der Waals surface area contributed by atoms with Gasteiger partial charge in [0.25, 0.3) is 0 Å². The first-order chi connectivity index (χ1) is 11.9. The zero-order valence-corrected chi connectivity index (χ0v) is 15.8. The van der Waals surface area contributed by atoms with Gasteiger partial charge in [-0.15, -0.1) is 10.2 Å². The van der Waals surface area contributed by atoms with Crippen LogP contribution in [-0.4, -0.2) is 64.3 Å². The molecule has 1 amide bonds. The molecule has 7 nitrogen and oxygen atoms in total. The van der Waals surface area contributed by atoms with Gasteiger partial charge < -0.3 is 9.47 Å². The molecular weight excluding hydrogens is 360 g/mol. The predicted molar refractivity (Wildman–Crippen MR) is 97.0 cm³/mol. The first kappa shape index (κ1) is 17.9. The van der Waals surface area contributed by atoms with Crippen molar-refractivity contribution in [1.82, 2.24) is 19.7 Å². The van der Waals surface area contributed by atoms with E-state index in [0.717, 1.165) is 11.4 Å². The van der Waals surface area contributed by atoms with E-state index in [4.69, 9.17) is 0 Å². The lowest BCUT2D eigenvalue weighted by molar-refractivity contribution is -0.128. The standard InChI is InChI=1S/C16H20N4O3S2/c1-19(13-8-9-25(22,23)11-13)14(21)10-24-16-18-17-15(20(16)2)12-6-4-3-5-7-12/h3-7,13H,8-11H2,1-2H3/t13-/m1/s1. The van der Waals surface area contributed by atoms with E-state index in [1.165, 1.54) is 11.8 Å². The first-order valence-corrected chi connectivity index (χ1v) is 10.7. The zero-order valence-electron chi connectivity index (χ0n) is 14.1. The third-order valence-electron chi connectivity index (χ3n) is 4.34. The molecule has 0 radical (unpaired) electrons. The lowest BCUT2D eigenvalue weighted by Gasteiger charge is -2.23. The summed E-state index contributed by atoms with van der Waals surface area (Å²) < 4.78 is 25.0. The maximum Gasteiger partial charge on any atom is 0.233 e. The summed E-state index contributed by atoms with van der Waals surface area (Å²) in [4.78, 5) is 13.9. The summed E-state index contributed by atoms with van der Waals surface area (Å²) in [6.07, 6.45) is 0.511. The van der Waals surface area contributed by atoms with Gasteiger partial charge in [0.05, 0.1) is 17.3 Å². The van der Waals surface area contributed by atoms with Crippen molar-refractivity contribution in [2.75, 3.05) is 24.3 Å². The third kappa shape index (κ3) is 4.04. The molecule has 1 aromatic heterocycles. The fraction of sp³-hybridized carbons (Fsp3) is 0.438. The summed E-state index contributed by atoms with van der Waals surface area (Å²) in [5, 5.41) is 9.00. The van der Waals surface area contributed by atoms with Crippen LogP contribution < -0.4 is 0 Å². The average Bonchev–Trinajstić information content (AvgIpc) is 3.15. The molecule has 1 aliphatic rings. The topological polar surface area (TPSA) is 85.2 Å². The van der Waals surface area contributed by atoms with Crippen LogP contribution in [-0.2, 0) is 21.7 Å². The lowest BCUT2D eigenvalue weighted by atomic mass is 10.2. The number of sulfone groups is 1. The maximum absolute atomic E-state index is 12.4. The number of rotatable bonds is 5. The van der Waals surface area contributed by atoms with Gasteiger partial charge in [0.1, 0.15) is 0 Å². The van der Waals surface area contributed by atoms with Crippen molar-refractivity contribution in [2.45, 2.75) is 17.6 Å². The number of benzene rings is 1. The quantitative estimate of drug-likeness (QED) is 0.725. The van der Waals surface area contributed by atoms with Crippen molar-refractivity contribution in [3.63, 3.8) is 0 Å². The summed E-state index contributed by atoms with van der Waals surface area (Å²) in [7, 11) is 0.528. The largest absolute Gasteiger partial charge is 0.341 e. The Kier molecular flexibility index (Phi) is 5.14. The molecule has 0 aliphatic carbocycles. The van der Waals surface area contributed by atoms with Crippen molar-refractivity contribution < 1.29 is 13.2 Å². The number of hydrogen-bond acceptors (Lipinski definition) is 6. The number of amides is 1. The summed E-state index contributed by atoms with van der Waals surface area (Å²) >= 11 is 1.31. The van der Waals surface area contributed by atoms with E-state index < -0.39 is 9.84 Å². The second-order valence-electron chi connectivity index (χ2n) is 6.08. The Bertz CT molecular complexity index is 865.